The Bertz CT molecular complexity index is 810. The first-order chi connectivity index (χ1) is 13.6. The average Bonchev–Trinajstić information content (AvgIpc) is 3.23. The fourth-order valence-electron chi connectivity index (χ4n) is 3.04. The summed E-state index contributed by atoms with van der Waals surface area (Å²) >= 11 is 7.56. The molecule has 150 valence electrons. The van der Waals surface area contributed by atoms with Crippen LogP contribution in [0.5, 0.6) is 5.75 Å². The Kier molecular flexibility index (Phi) is 7.27. The quantitative estimate of drug-likeness (QED) is 0.698. The van der Waals surface area contributed by atoms with Gasteiger partial charge >= 0.3 is 11.8 Å². The molecule has 1 fully saturated rings. The number of morpholine rings is 1. The summed E-state index contributed by atoms with van der Waals surface area (Å²) in [4.78, 5) is 26.9. The maximum Gasteiger partial charge on any atom is 0.313 e. The highest BCUT2D eigenvalue weighted by atomic mass is 35.5. The van der Waals surface area contributed by atoms with E-state index in [0.29, 0.717) is 36.2 Å². The predicted octanol–water partition coefficient (Wildman–Crippen LogP) is 2.54. The highest BCUT2D eigenvalue weighted by molar-refractivity contribution is 7.08. The minimum absolute atomic E-state index is 0.00685. The van der Waals surface area contributed by atoms with Crippen LogP contribution >= 0.6 is 22.9 Å². The number of carbonyl (C=O) groups excluding carboxylic acids is 2. The molecule has 2 heterocycles. The Morgan fingerprint density at radius 3 is 2.75 bits per heavy atom. The van der Waals surface area contributed by atoms with Gasteiger partial charge in [0, 0.05) is 24.7 Å². The number of hydrogen-bond acceptors (Lipinski definition) is 6. The number of nitrogens with one attached hydrogen (secondary N) is 2. The zero-order valence-corrected chi connectivity index (χ0v) is 17.0. The zero-order valence-electron chi connectivity index (χ0n) is 15.4. The summed E-state index contributed by atoms with van der Waals surface area (Å²) in [6.45, 7) is 3.20. The van der Waals surface area contributed by atoms with Crippen molar-refractivity contribution in [1.82, 2.24) is 10.2 Å². The van der Waals surface area contributed by atoms with Gasteiger partial charge in [0.15, 0.2) is 0 Å². The summed E-state index contributed by atoms with van der Waals surface area (Å²) in [5.74, 6) is -1.06. The van der Waals surface area contributed by atoms with Crippen molar-refractivity contribution in [2.45, 2.75) is 6.04 Å². The average molecular weight is 424 g/mol. The van der Waals surface area contributed by atoms with Crippen LogP contribution in [0.3, 0.4) is 0 Å². The second kappa shape index (κ2) is 9.88. The van der Waals surface area contributed by atoms with E-state index >= 15 is 0 Å². The van der Waals surface area contributed by atoms with Gasteiger partial charge in [-0.15, -0.1) is 0 Å². The highest BCUT2D eigenvalue weighted by Gasteiger charge is 2.25. The van der Waals surface area contributed by atoms with Gasteiger partial charge in [0.1, 0.15) is 5.75 Å². The van der Waals surface area contributed by atoms with Gasteiger partial charge in [0.05, 0.1) is 32.1 Å². The largest absolute Gasteiger partial charge is 0.495 e. The molecular formula is C19H22ClN3O4S. The Morgan fingerprint density at radius 1 is 1.29 bits per heavy atom. The fourth-order valence-corrected chi connectivity index (χ4v) is 3.92. The Hall–Kier alpha value is -2.13. The van der Waals surface area contributed by atoms with Crippen molar-refractivity contribution >= 4 is 40.4 Å². The van der Waals surface area contributed by atoms with Crippen molar-refractivity contribution in [3.63, 3.8) is 0 Å². The molecule has 9 heteroatoms. The summed E-state index contributed by atoms with van der Waals surface area (Å²) in [6.07, 6.45) is 0. The molecule has 0 saturated carbocycles. The maximum atomic E-state index is 12.4. The van der Waals surface area contributed by atoms with Gasteiger partial charge < -0.3 is 20.1 Å². The molecule has 2 amide bonds. The van der Waals surface area contributed by atoms with Crippen LogP contribution in [-0.4, -0.2) is 56.7 Å². The van der Waals surface area contributed by atoms with E-state index in [-0.39, 0.29) is 6.04 Å². The lowest BCUT2D eigenvalue weighted by Crippen LogP contribution is -2.45. The van der Waals surface area contributed by atoms with E-state index in [0.717, 1.165) is 18.7 Å². The summed E-state index contributed by atoms with van der Waals surface area (Å²) < 4.78 is 10.6. The number of nitrogens with zero attached hydrogens (tertiary/aromatic N) is 1. The number of hydrogen-bond donors (Lipinski definition) is 2. The molecule has 2 aromatic rings. The first-order valence-corrected chi connectivity index (χ1v) is 10.2. The van der Waals surface area contributed by atoms with Crippen LogP contribution in [-0.2, 0) is 14.3 Å². The van der Waals surface area contributed by atoms with Gasteiger partial charge in [-0.25, -0.2) is 0 Å². The van der Waals surface area contributed by atoms with E-state index in [1.54, 1.807) is 23.5 Å². The third-order valence-electron chi connectivity index (χ3n) is 4.49. The van der Waals surface area contributed by atoms with Crippen LogP contribution in [0.25, 0.3) is 0 Å². The highest BCUT2D eigenvalue weighted by Crippen LogP contribution is 2.27. The number of rotatable bonds is 6. The Morgan fingerprint density at radius 2 is 2.07 bits per heavy atom. The first kappa shape index (κ1) is 20.6. The van der Waals surface area contributed by atoms with Crippen LogP contribution < -0.4 is 15.4 Å². The predicted molar refractivity (Wildman–Crippen MR) is 109 cm³/mol. The second-order valence-corrected chi connectivity index (χ2v) is 7.45. The zero-order chi connectivity index (χ0) is 19.9. The van der Waals surface area contributed by atoms with Crippen LogP contribution in [0.1, 0.15) is 11.6 Å². The summed E-state index contributed by atoms with van der Waals surface area (Å²) in [6, 6.07) is 6.83. The third kappa shape index (κ3) is 5.23. The Labute approximate surface area is 172 Å². The minimum atomic E-state index is -0.772. The molecule has 7 nitrogen and oxygen atoms in total. The SMILES string of the molecule is COc1ccc(Cl)cc1NC(=O)C(=O)NCC(c1ccsc1)N1CCOCC1. The molecule has 1 aromatic carbocycles. The molecule has 1 aliphatic rings. The van der Waals surface area contributed by atoms with Gasteiger partial charge in [0.25, 0.3) is 0 Å². The first-order valence-electron chi connectivity index (χ1n) is 8.85. The van der Waals surface area contributed by atoms with E-state index < -0.39 is 11.8 Å². The number of thiophene rings is 1. The molecule has 0 aliphatic carbocycles. The maximum absolute atomic E-state index is 12.4. The molecule has 0 bridgehead atoms. The van der Waals surface area contributed by atoms with Gasteiger partial charge in [-0.2, -0.15) is 11.3 Å². The van der Waals surface area contributed by atoms with E-state index in [1.807, 2.05) is 11.4 Å². The van der Waals surface area contributed by atoms with Crippen molar-refractivity contribution in [3.8, 4) is 5.75 Å². The molecule has 1 atom stereocenters. The van der Waals surface area contributed by atoms with Crippen molar-refractivity contribution in [2.75, 3.05) is 45.3 Å². The number of ether oxygens (including phenoxy) is 2. The molecule has 1 unspecified atom stereocenters. The van der Waals surface area contributed by atoms with Crippen molar-refractivity contribution < 1.29 is 19.1 Å². The lowest BCUT2D eigenvalue weighted by molar-refractivity contribution is -0.136. The number of benzene rings is 1. The lowest BCUT2D eigenvalue weighted by atomic mass is 10.1. The van der Waals surface area contributed by atoms with Crippen LogP contribution in [0.4, 0.5) is 5.69 Å². The minimum Gasteiger partial charge on any atom is -0.495 e. The number of amides is 2. The Balaban J connectivity index is 1.62. The lowest BCUT2D eigenvalue weighted by Gasteiger charge is -2.34. The molecule has 3 rings (SSSR count). The molecule has 1 saturated heterocycles. The van der Waals surface area contributed by atoms with Gasteiger partial charge in [0.2, 0.25) is 0 Å². The summed E-state index contributed by atoms with van der Waals surface area (Å²) in [7, 11) is 1.48. The fraction of sp³-hybridized carbons (Fsp3) is 0.368. The molecule has 28 heavy (non-hydrogen) atoms. The molecular weight excluding hydrogens is 402 g/mol. The van der Waals surface area contributed by atoms with E-state index in [2.05, 4.69) is 20.9 Å². The van der Waals surface area contributed by atoms with Crippen LogP contribution in [0.15, 0.2) is 35.0 Å². The molecule has 0 spiro atoms. The van der Waals surface area contributed by atoms with E-state index in [1.165, 1.54) is 13.2 Å². The molecule has 0 radical (unpaired) electrons. The topological polar surface area (TPSA) is 79.9 Å². The molecule has 2 N–H and O–H groups in total. The standard InChI is InChI=1S/C19H22ClN3O4S/c1-26-17-3-2-14(20)10-15(17)22-19(25)18(24)21-11-16(13-4-9-28-12-13)23-5-7-27-8-6-23/h2-4,9-10,12,16H,5-8,11H2,1H3,(H,21,24)(H,22,25). The van der Waals surface area contributed by atoms with Gasteiger partial charge in [-0.05, 0) is 40.6 Å². The van der Waals surface area contributed by atoms with E-state index in [9.17, 15) is 9.59 Å². The normalized spacial score (nSPS) is 15.6. The van der Waals surface area contributed by atoms with Crippen molar-refractivity contribution in [1.29, 1.82) is 0 Å². The number of anilines is 1. The van der Waals surface area contributed by atoms with Gasteiger partial charge in [-0.3, -0.25) is 14.5 Å². The third-order valence-corrected chi connectivity index (χ3v) is 5.42. The number of halogens is 1. The number of carbonyl (C=O) groups is 2. The number of methoxy groups -OCH3 is 1. The van der Waals surface area contributed by atoms with Crippen molar-refractivity contribution in [2.24, 2.45) is 0 Å². The van der Waals surface area contributed by atoms with Crippen LogP contribution in [0, 0.1) is 0 Å². The van der Waals surface area contributed by atoms with Gasteiger partial charge in [-0.1, -0.05) is 11.6 Å². The monoisotopic (exact) mass is 423 g/mol. The summed E-state index contributed by atoms with van der Waals surface area (Å²) in [5.41, 5.74) is 1.46. The smallest absolute Gasteiger partial charge is 0.313 e. The van der Waals surface area contributed by atoms with E-state index in [4.69, 9.17) is 21.1 Å². The molecule has 1 aliphatic heterocycles. The molecule has 1 aromatic heterocycles. The second-order valence-electron chi connectivity index (χ2n) is 6.23. The van der Waals surface area contributed by atoms with Crippen molar-refractivity contribution in [3.05, 3.63) is 45.6 Å². The van der Waals surface area contributed by atoms with Crippen LogP contribution in [0.2, 0.25) is 5.02 Å². The summed E-state index contributed by atoms with van der Waals surface area (Å²) in [5, 5.41) is 9.78.